The van der Waals surface area contributed by atoms with Crippen LogP contribution < -0.4 is 10.6 Å². The molecule has 0 bridgehead atoms. The van der Waals surface area contributed by atoms with Crippen molar-refractivity contribution in [3.05, 3.63) is 30.1 Å². The summed E-state index contributed by atoms with van der Waals surface area (Å²) >= 11 is 0. The van der Waals surface area contributed by atoms with Crippen LogP contribution in [0.15, 0.2) is 23.5 Å². The molecule has 2 aromatic rings. The summed E-state index contributed by atoms with van der Waals surface area (Å²) < 4.78 is 4.19. The lowest BCUT2D eigenvalue weighted by atomic mass is 10.2. The van der Waals surface area contributed by atoms with Gasteiger partial charge in [-0.05, 0) is 25.3 Å². The van der Waals surface area contributed by atoms with Gasteiger partial charge < -0.3 is 15.2 Å². The maximum Gasteiger partial charge on any atom is 0.191 e. The topological polar surface area (TPSA) is 84.9 Å². The molecule has 2 N–H and O–H groups in total. The molecule has 138 valence electrons. The molecular weight excluding hydrogens is 431 g/mol. The van der Waals surface area contributed by atoms with E-state index in [9.17, 15) is 0 Å². The standard InChI is InChI=1S/C16H26N8.HI/c1-17-16(18-8-5-10-23-11-6-9-20-23)19-13-15-22-21-14-7-3-2-4-12-24(14)15;/h6,9,11H,2-5,7-8,10,12-13H2,1H3,(H2,17,18,19);1H. The summed E-state index contributed by atoms with van der Waals surface area (Å²) in [7, 11) is 1.78. The summed E-state index contributed by atoms with van der Waals surface area (Å²) in [6.45, 7) is 3.41. The maximum absolute atomic E-state index is 4.33. The lowest BCUT2D eigenvalue weighted by molar-refractivity contribution is 0.567. The highest BCUT2D eigenvalue weighted by atomic mass is 127. The SMILES string of the molecule is CN=C(NCCCn1cccn1)NCc1nnc2n1CCCCC2.I. The Kier molecular flexibility index (Phi) is 8.16. The third-order valence-corrected chi connectivity index (χ3v) is 4.24. The Hall–Kier alpha value is -1.65. The van der Waals surface area contributed by atoms with E-state index in [0.717, 1.165) is 50.1 Å². The van der Waals surface area contributed by atoms with E-state index in [-0.39, 0.29) is 24.0 Å². The lowest BCUT2D eigenvalue weighted by Gasteiger charge is -2.12. The summed E-state index contributed by atoms with van der Waals surface area (Å²) in [4.78, 5) is 4.27. The van der Waals surface area contributed by atoms with Crippen molar-refractivity contribution in [2.24, 2.45) is 4.99 Å². The summed E-state index contributed by atoms with van der Waals surface area (Å²) in [6.07, 6.45) is 9.49. The van der Waals surface area contributed by atoms with E-state index >= 15 is 0 Å². The molecule has 8 nitrogen and oxygen atoms in total. The minimum atomic E-state index is 0. The fraction of sp³-hybridized carbons (Fsp3) is 0.625. The van der Waals surface area contributed by atoms with Crippen molar-refractivity contribution in [2.45, 2.75) is 51.7 Å². The van der Waals surface area contributed by atoms with E-state index in [2.05, 4.69) is 35.5 Å². The van der Waals surface area contributed by atoms with Crippen LogP contribution in [0.1, 0.15) is 37.3 Å². The highest BCUT2D eigenvalue weighted by Crippen LogP contribution is 2.14. The number of nitrogens with zero attached hydrogens (tertiary/aromatic N) is 6. The fourth-order valence-electron chi connectivity index (χ4n) is 2.94. The van der Waals surface area contributed by atoms with Crippen molar-refractivity contribution >= 4 is 29.9 Å². The van der Waals surface area contributed by atoms with Gasteiger partial charge in [-0.25, -0.2) is 0 Å². The fourth-order valence-corrected chi connectivity index (χ4v) is 2.94. The summed E-state index contributed by atoms with van der Waals surface area (Å²) in [6, 6.07) is 1.94. The molecule has 0 atom stereocenters. The van der Waals surface area contributed by atoms with Crippen LogP contribution in [0, 0.1) is 0 Å². The van der Waals surface area contributed by atoms with Crippen LogP contribution >= 0.6 is 24.0 Å². The number of hydrogen-bond donors (Lipinski definition) is 2. The van der Waals surface area contributed by atoms with Crippen LogP contribution in [0.4, 0.5) is 0 Å². The molecule has 3 heterocycles. The molecule has 1 aliphatic heterocycles. The van der Waals surface area contributed by atoms with Crippen LogP contribution in [0.3, 0.4) is 0 Å². The quantitative estimate of drug-likeness (QED) is 0.297. The van der Waals surface area contributed by atoms with E-state index in [1.54, 1.807) is 13.2 Å². The third kappa shape index (κ3) is 5.68. The van der Waals surface area contributed by atoms with Gasteiger partial charge in [0, 0.05) is 45.5 Å². The zero-order chi connectivity index (χ0) is 16.6. The first kappa shape index (κ1) is 19.7. The van der Waals surface area contributed by atoms with Gasteiger partial charge in [0.25, 0.3) is 0 Å². The van der Waals surface area contributed by atoms with Gasteiger partial charge >= 0.3 is 0 Å². The van der Waals surface area contributed by atoms with Gasteiger partial charge in [0.1, 0.15) is 5.82 Å². The number of fused-ring (bicyclic) bond motifs is 1. The van der Waals surface area contributed by atoms with Gasteiger partial charge in [0.15, 0.2) is 11.8 Å². The lowest BCUT2D eigenvalue weighted by Crippen LogP contribution is -2.38. The maximum atomic E-state index is 4.33. The number of aryl methyl sites for hydroxylation is 2. The van der Waals surface area contributed by atoms with Crippen LogP contribution in [-0.2, 0) is 26.1 Å². The zero-order valence-electron chi connectivity index (χ0n) is 14.7. The number of aromatic nitrogens is 5. The average Bonchev–Trinajstić information content (AvgIpc) is 3.19. The molecule has 9 heteroatoms. The number of guanidine groups is 1. The van der Waals surface area contributed by atoms with Gasteiger partial charge in [-0.3, -0.25) is 9.67 Å². The molecule has 0 unspecified atom stereocenters. The van der Waals surface area contributed by atoms with Crippen LogP contribution in [0.25, 0.3) is 0 Å². The predicted octanol–water partition coefficient (Wildman–Crippen LogP) is 1.57. The molecule has 0 saturated carbocycles. The highest BCUT2D eigenvalue weighted by molar-refractivity contribution is 14.0. The van der Waals surface area contributed by atoms with Crippen molar-refractivity contribution in [3.8, 4) is 0 Å². The third-order valence-electron chi connectivity index (χ3n) is 4.24. The summed E-state index contributed by atoms with van der Waals surface area (Å²) in [5, 5.41) is 19.5. The van der Waals surface area contributed by atoms with Crippen molar-refractivity contribution < 1.29 is 0 Å². The molecule has 0 aromatic carbocycles. The molecule has 0 amide bonds. The molecule has 0 saturated heterocycles. The second-order valence-electron chi connectivity index (χ2n) is 5.97. The van der Waals surface area contributed by atoms with Crippen LogP contribution in [0.2, 0.25) is 0 Å². The van der Waals surface area contributed by atoms with E-state index in [4.69, 9.17) is 0 Å². The van der Waals surface area contributed by atoms with Gasteiger partial charge in [-0.1, -0.05) is 6.42 Å². The second-order valence-corrected chi connectivity index (χ2v) is 5.97. The predicted molar refractivity (Wildman–Crippen MR) is 108 cm³/mol. The van der Waals surface area contributed by atoms with Crippen LogP contribution in [0.5, 0.6) is 0 Å². The Bertz CT molecular complexity index is 649. The monoisotopic (exact) mass is 458 g/mol. The number of rotatable bonds is 6. The second kappa shape index (κ2) is 10.4. The minimum Gasteiger partial charge on any atom is -0.356 e. The largest absolute Gasteiger partial charge is 0.356 e. The molecule has 1 aliphatic rings. The Morgan fingerprint density at radius 2 is 2.16 bits per heavy atom. The first-order valence-electron chi connectivity index (χ1n) is 8.69. The molecule has 2 aromatic heterocycles. The number of halogens is 1. The summed E-state index contributed by atoms with van der Waals surface area (Å²) in [5.74, 6) is 2.90. The van der Waals surface area contributed by atoms with Gasteiger partial charge in [-0.15, -0.1) is 34.2 Å². The van der Waals surface area contributed by atoms with Crippen molar-refractivity contribution in [1.82, 2.24) is 35.2 Å². The van der Waals surface area contributed by atoms with E-state index in [1.165, 1.54) is 19.3 Å². The molecule has 0 aliphatic carbocycles. The normalized spacial score (nSPS) is 14.4. The van der Waals surface area contributed by atoms with Gasteiger partial charge in [-0.2, -0.15) is 5.10 Å². The molecule has 0 radical (unpaired) electrons. The van der Waals surface area contributed by atoms with Crippen LogP contribution in [-0.4, -0.2) is 44.1 Å². The van der Waals surface area contributed by atoms with Crippen molar-refractivity contribution in [2.75, 3.05) is 13.6 Å². The van der Waals surface area contributed by atoms with Crippen molar-refractivity contribution in [1.29, 1.82) is 0 Å². The van der Waals surface area contributed by atoms with Gasteiger partial charge in [0.05, 0.1) is 6.54 Å². The van der Waals surface area contributed by atoms with E-state index < -0.39 is 0 Å². The Morgan fingerprint density at radius 1 is 1.24 bits per heavy atom. The van der Waals surface area contributed by atoms with E-state index in [1.807, 2.05) is 16.9 Å². The first-order valence-corrected chi connectivity index (χ1v) is 8.69. The van der Waals surface area contributed by atoms with Gasteiger partial charge in [0.2, 0.25) is 0 Å². The molecule has 0 spiro atoms. The average molecular weight is 458 g/mol. The molecule has 3 rings (SSSR count). The summed E-state index contributed by atoms with van der Waals surface area (Å²) in [5.41, 5.74) is 0. The minimum absolute atomic E-state index is 0. The number of nitrogens with one attached hydrogen (secondary N) is 2. The van der Waals surface area contributed by atoms with E-state index in [0.29, 0.717) is 6.54 Å². The first-order chi connectivity index (χ1) is 11.9. The Balaban J connectivity index is 0.00000225. The van der Waals surface area contributed by atoms with Crippen molar-refractivity contribution in [3.63, 3.8) is 0 Å². The number of hydrogen-bond acceptors (Lipinski definition) is 4. The molecule has 0 fully saturated rings. The highest BCUT2D eigenvalue weighted by Gasteiger charge is 2.14. The zero-order valence-corrected chi connectivity index (χ0v) is 17.0. The molecular formula is C16H27IN8. The number of aliphatic imine (C=N–C) groups is 1. The Morgan fingerprint density at radius 3 is 2.96 bits per heavy atom. The smallest absolute Gasteiger partial charge is 0.191 e. The Labute approximate surface area is 165 Å². The molecule has 25 heavy (non-hydrogen) atoms.